The predicted octanol–water partition coefficient (Wildman–Crippen LogP) is 2.56. The number of amides is 3. The van der Waals surface area contributed by atoms with E-state index in [0.29, 0.717) is 6.54 Å². The van der Waals surface area contributed by atoms with Crippen molar-refractivity contribution < 1.29 is 9.59 Å². The third-order valence-corrected chi connectivity index (χ3v) is 3.99. The molecule has 0 fully saturated rings. The highest BCUT2D eigenvalue weighted by Gasteiger charge is 2.17. The van der Waals surface area contributed by atoms with E-state index in [4.69, 9.17) is 0 Å². The molecule has 21 heavy (non-hydrogen) atoms. The molecule has 0 bridgehead atoms. The Morgan fingerprint density at radius 3 is 2.81 bits per heavy atom. The van der Waals surface area contributed by atoms with Gasteiger partial charge in [-0.3, -0.25) is 15.1 Å². The molecular weight excluding hydrogens is 286 g/mol. The maximum atomic E-state index is 12.0. The number of nitrogens with zero attached hydrogens (tertiary/aromatic N) is 1. The van der Waals surface area contributed by atoms with Gasteiger partial charge in [-0.1, -0.05) is 18.2 Å². The van der Waals surface area contributed by atoms with Crippen LogP contribution in [0.4, 0.5) is 4.79 Å². The van der Waals surface area contributed by atoms with E-state index in [2.05, 4.69) is 15.6 Å². The Kier molecular flexibility index (Phi) is 5.16. The lowest BCUT2D eigenvalue weighted by Gasteiger charge is -2.12. The fourth-order valence-electron chi connectivity index (χ4n) is 1.83. The third-order valence-electron chi connectivity index (χ3n) is 2.84. The number of carbonyl (C=O) groups is 2. The summed E-state index contributed by atoms with van der Waals surface area (Å²) < 4.78 is 0. The molecule has 1 atom stereocenters. The number of benzene rings is 1. The van der Waals surface area contributed by atoms with Crippen LogP contribution in [0.25, 0.3) is 10.9 Å². The Balaban J connectivity index is 2.09. The Hall–Kier alpha value is -2.08. The van der Waals surface area contributed by atoms with Gasteiger partial charge >= 0.3 is 6.03 Å². The van der Waals surface area contributed by atoms with Gasteiger partial charge in [0, 0.05) is 23.0 Å². The molecule has 2 aromatic rings. The number of carbonyl (C=O) groups excluding carboxylic acids is 2. The van der Waals surface area contributed by atoms with Gasteiger partial charge in [0.05, 0.1) is 10.8 Å². The van der Waals surface area contributed by atoms with Gasteiger partial charge in [0.15, 0.2) is 0 Å². The summed E-state index contributed by atoms with van der Waals surface area (Å²) in [5.74, 6) is -0.320. The monoisotopic (exact) mass is 303 g/mol. The fraction of sp³-hybridized carbons (Fsp3) is 0.267. The van der Waals surface area contributed by atoms with Gasteiger partial charge in [0.1, 0.15) is 0 Å². The number of hydrogen-bond acceptors (Lipinski definition) is 4. The predicted molar refractivity (Wildman–Crippen MR) is 84.3 cm³/mol. The molecule has 3 amide bonds. The molecular formula is C15H17N3O2S. The molecule has 1 heterocycles. The smallest absolute Gasteiger partial charge is 0.321 e. The van der Waals surface area contributed by atoms with Crippen molar-refractivity contribution in [1.82, 2.24) is 15.6 Å². The van der Waals surface area contributed by atoms with E-state index in [9.17, 15) is 9.59 Å². The number of para-hydroxylation sites is 1. The van der Waals surface area contributed by atoms with E-state index in [-0.39, 0.29) is 11.2 Å². The van der Waals surface area contributed by atoms with Crippen LogP contribution in [0, 0.1) is 0 Å². The van der Waals surface area contributed by atoms with Crippen molar-refractivity contribution in [3.8, 4) is 0 Å². The minimum Gasteiger partial charge on any atom is -0.338 e. The number of pyridine rings is 1. The summed E-state index contributed by atoms with van der Waals surface area (Å²) in [4.78, 5) is 28.6. The first-order chi connectivity index (χ1) is 10.1. The fourth-order valence-corrected chi connectivity index (χ4v) is 2.82. The molecule has 0 aliphatic carbocycles. The zero-order valence-electron chi connectivity index (χ0n) is 11.9. The van der Waals surface area contributed by atoms with Gasteiger partial charge in [0.2, 0.25) is 5.91 Å². The SMILES string of the molecule is CCNC(=O)NC(=O)[C@@H](C)Sc1cccc2cccnc12. The molecule has 0 aliphatic rings. The molecule has 0 unspecified atom stereocenters. The van der Waals surface area contributed by atoms with E-state index >= 15 is 0 Å². The van der Waals surface area contributed by atoms with E-state index in [1.807, 2.05) is 30.3 Å². The van der Waals surface area contributed by atoms with Gasteiger partial charge in [0.25, 0.3) is 0 Å². The van der Waals surface area contributed by atoms with Crippen LogP contribution in [-0.2, 0) is 4.79 Å². The van der Waals surface area contributed by atoms with E-state index in [0.717, 1.165) is 15.8 Å². The average molecular weight is 303 g/mol. The first-order valence-corrected chi connectivity index (χ1v) is 7.59. The van der Waals surface area contributed by atoms with Crippen LogP contribution in [0.15, 0.2) is 41.4 Å². The highest BCUT2D eigenvalue weighted by molar-refractivity contribution is 8.00. The van der Waals surface area contributed by atoms with Crippen molar-refractivity contribution in [3.05, 3.63) is 36.5 Å². The van der Waals surface area contributed by atoms with Crippen LogP contribution < -0.4 is 10.6 Å². The average Bonchev–Trinajstić information content (AvgIpc) is 2.47. The third kappa shape index (κ3) is 3.95. The number of imide groups is 1. The zero-order chi connectivity index (χ0) is 15.2. The number of fused-ring (bicyclic) bond motifs is 1. The maximum Gasteiger partial charge on any atom is 0.321 e. The van der Waals surface area contributed by atoms with Crippen molar-refractivity contribution >= 4 is 34.6 Å². The lowest BCUT2D eigenvalue weighted by atomic mass is 10.2. The minimum atomic E-state index is -0.467. The number of rotatable bonds is 4. The zero-order valence-corrected chi connectivity index (χ0v) is 12.7. The van der Waals surface area contributed by atoms with Gasteiger partial charge in [-0.2, -0.15) is 0 Å². The van der Waals surface area contributed by atoms with Crippen LogP contribution in [-0.4, -0.2) is 28.7 Å². The summed E-state index contributed by atoms with van der Waals surface area (Å²) in [6.07, 6.45) is 1.73. The van der Waals surface area contributed by atoms with Crippen molar-refractivity contribution in [2.75, 3.05) is 6.54 Å². The van der Waals surface area contributed by atoms with E-state index in [1.165, 1.54) is 11.8 Å². The first-order valence-electron chi connectivity index (χ1n) is 6.71. The molecule has 2 N–H and O–H groups in total. The summed E-state index contributed by atoms with van der Waals surface area (Å²) in [6, 6.07) is 9.22. The van der Waals surface area contributed by atoms with Crippen molar-refractivity contribution in [2.24, 2.45) is 0 Å². The lowest BCUT2D eigenvalue weighted by Crippen LogP contribution is -2.42. The lowest BCUT2D eigenvalue weighted by molar-refractivity contribution is -0.119. The summed E-state index contributed by atoms with van der Waals surface area (Å²) in [7, 11) is 0. The molecule has 6 heteroatoms. The molecule has 1 aromatic heterocycles. The van der Waals surface area contributed by atoms with Gasteiger partial charge in [-0.25, -0.2) is 4.79 Å². The summed E-state index contributed by atoms with van der Waals surface area (Å²) >= 11 is 1.39. The first kappa shape index (κ1) is 15.3. The molecule has 110 valence electrons. The number of nitrogens with one attached hydrogen (secondary N) is 2. The van der Waals surface area contributed by atoms with E-state index < -0.39 is 6.03 Å². The normalized spacial score (nSPS) is 11.9. The molecule has 5 nitrogen and oxygen atoms in total. The molecule has 0 saturated heterocycles. The molecule has 0 saturated carbocycles. The largest absolute Gasteiger partial charge is 0.338 e. The maximum absolute atomic E-state index is 12.0. The van der Waals surface area contributed by atoms with Gasteiger partial charge in [-0.05, 0) is 26.0 Å². The summed E-state index contributed by atoms with van der Waals surface area (Å²) in [5.41, 5.74) is 0.864. The number of hydrogen-bond donors (Lipinski definition) is 2. The van der Waals surface area contributed by atoms with Crippen LogP contribution in [0.5, 0.6) is 0 Å². The second kappa shape index (κ2) is 7.08. The molecule has 0 radical (unpaired) electrons. The highest BCUT2D eigenvalue weighted by atomic mass is 32.2. The molecule has 0 aliphatic heterocycles. The number of urea groups is 1. The highest BCUT2D eigenvalue weighted by Crippen LogP contribution is 2.29. The standard InChI is InChI=1S/C15H17N3O2S/c1-3-16-15(20)18-14(19)10(2)21-12-8-4-6-11-7-5-9-17-13(11)12/h4-10H,3H2,1-2H3,(H2,16,18,19,20)/t10-/m1/s1. The number of aromatic nitrogens is 1. The van der Waals surface area contributed by atoms with Crippen LogP contribution >= 0.6 is 11.8 Å². The minimum absolute atomic E-state index is 0.320. The molecule has 0 spiro atoms. The second-order valence-corrected chi connectivity index (χ2v) is 5.82. The topological polar surface area (TPSA) is 71.1 Å². The van der Waals surface area contributed by atoms with Gasteiger partial charge in [-0.15, -0.1) is 11.8 Å². The Bertz CT molecular complexity index is 655. The van der Waals surface area contributed by atoms with Crippen LogP contribution in [0.1, 0.15) is 13.8 Å². The quantitative estimate of drug-likeness (QED) is 0.852. The molecule has 2 rings (SSSR count). The Labute approximate surface area is 127 Å². The summed E-state index contributed by atoms with van der Waals surface area (Å²) in [6.45, 7) is 4.04. The number of thioether (sulfide) groups is 1. The van der Waals surface area contributed by atoms with Crippen LogP contribution in [0.3, 0.4) is 0 Å². The second-order valence-electron chi connectivity index (χ2n) is 4.44. The Morgan fingerprint density at radius 1 is 1.29 bits per heavy atom. The van der Waals surface area contributed by atoms with Crippen molar-refractivity contribution in [2.45, 2.75) is 24.0 Å². The van der Waals surface area contributed by atoms with Crippen LogP contribution in [0.2, 0.25) is 0 Å². The van der Waals surface area contributed by atoms with Crippen molar-refractivity contribution in [1.29, 1.82) is 0 Å². The van der Waals surface area contributed by atoms with Gasteiger partial charge < -0.3 is 5.32 Å². The van der Waals surface area contributed by atoms with Crippen molar-refractivity contribution in [3.63, 3.8) is 0 Å². The Morgan fingerprint density at radius 2 is 2.05 bits per heavy atom. The summed E-state index contributed by atoms with van der Waals surface area (Å²) in [5, 5.41) is 5.49. The molecule has 1 aromatic carbocycles. The van der Waals surface area contributed by atoms with E-state index in [1.54, 1.807) is 20.0 Å².